The number of hydrogen-bond acceptors (Lipinski definition) is 5. The summed E-state index contributed by atoms with van der Waals surface area (Å²) >= 11 is 0. The number of fused-ring (bicyclic) bond motifs is 1. The van der Waals surface area contributed by atoms with Crippen molar-refractivity contribution >= 4 is 17.6 Å². The van der Waals surface area contributed by atoms with Gasteiger partial charge in [0.25, 0.3) is 5.91 Å². The Labute approximate surface area is 191 Å². The molecule has 7 heteroatoms. The predicted molar refractivity (Wildman–Crippen MR) is 125 cm³/mol. The van der Waals surface area contributed by atoms with Crippen molar-refractivity contribution in [3.05, 3.63) is 23.4 Å². The first-order chi connectivity index (χ1) is 15.3. The van der Waals surface area contributed by atoms with Crippen molar-refractivity contribution in [3.8, 4) is 0 Å². The fraction of sp³-hybridized carbons (Fsp3) is 0.720. The lowest BCUT2D eigenvalue weighted by Gasteiger charge is -2.46. The number of aryl methyl sites for hydroxylation is 1. The van der Waals surface area contributed by atoms with Gasteiger partial charge >= 0.3 is 5.91 Å². The lowest BCUT2D eigenvalue weighted by molar-refractivity contribution is -0.900. The molecular formula is C25H40N5O2+. The van der Waals surface area contributed by atoms with Crippen molar-refractivity contribution in [2.24, 2.45) is 17.6 Å². The third-order valence-electron chi connectivity index (χ3n) is 8.48. The highest BCUT2D eigenvalue weighted by molar-refractivity contribution is 5.91. The summed E-state index contributed by atoms with van der Waals surface area (Å²) in [5, 5.41) is 3.50. The number of pyridine rings is 1. The van der Waals surface area contributed by atoms with Crippen LogP contribution in [0.5, 0.6) is 0 Å². The number of piperidine rings is 1. The van der Waals surface area contributed by atoms with E-state index in [1.807, 2.05) is 13.0 Å². The van der Waals surface area contributed by atoms with E-state index in [2.05, 4.69) is 17.2 Å². The number of likely N-dealkylation sites (tertiary alicyclic amines) is 1. The summed E-state index contributed by atoms with van der Waals surface area (Å²) in [6.07, 6.45) is 9.68. The lowest BCUT2D eigenvalue weighted by Crippen LogP contribution is -2.71. The molecule has 2 aliphatic carbocycles. The summed E-state index contributed by atoms with van der Waals surface area (Å²) in [6.45, 7) is 5.85. The van der Waals surface area contributed by atoms with Crippen LogP contribution in [0.2, 0.25) is 0 Å². The number of hydrogen-bond donors (Lipinski definition) is 3. The Kier molecular flexibility index (Phi) is 6.59. The highest BCUT2D eigenvalue weighted by atomic mass is 16.2. The standard InChI is InChI=1S/C25H39N5O2/c1-3-28-21(14-18-8-5-4-6-9-18)23(31)30(16-19-11-12-22(26)29-17(19)2)13-7-10-20-15-25(20,30)24(27)32/h11-12,18,20-21,28H,3-10,13-16H2,1-2H3,(H3-,26,27,29,32)/p+1/t20-,21-,25+,30?/m1/s1. The van der Waals surface area contributed by atoms with Gasteiger partial charge in [0.05, 0.1) is 6.54 Å². The van der Waals surface area contributed by atoms with Crippen LogP contribution in [0.4, 0.5) is 5.82 Å². The van der Waals surface area contributed by atoms with E-state index in [1.165, 1.54) is 32.1 Å². The maximum Gasteiger partial charge on any atom is 0.331 e. The summed E-state index contributed by atoms with van der Waals surface area (Å²) in [6, 6.07) is 3.51. The smallest absolute Gasteiger partial charge is 0.331 e. The summed E-state index contributed by atoms with van der Waals surface area (Å²) in [5.41, 5.74) is 13.0. The lowest BCUT2D eigenvalue weighted by atomic mass is 9.83. The number of anilines is 1. The monoisotopic (exact) mass is 442 g/mol. The molecule has 0 aromatic carbocycles. The van der Waals surface area contributed by atoms with E-state index in [4.69, 9.17) is 11.5 Å². The first-order valence-corrected chi connectivity index (χ1v) is 12.5. The first-order valence-electron chi connectivity index (χ1n) is 12.5. The molecule has 1 saturated heterocycles. The number of quaternary nitrogens is 1. The van der Waals surface area contributed by atoms with Gasteiger partial charge in [0, 0.05) is 23.6 Å². The van der Waals surface area contributed by atoms with Gasteiger partial charge in [-0.05, 0) is 50.8 Å². The van der Waals surface area contributed by atoms with Crippen molar-refractivity contribution in [2.45, 2.75) is 89.8 Å². The van der Waals surface area contributed by atoms with Gasteiger partial charge in [-0.25, -0.2) is 14.3 Å². The van der Waals surface area contributed by atoms with Gasteiger partial charge in [-0.1, -0.05) is 39.0 Å². The molecule has 1 aromatic rings. The van der Waals surface area contributed by atoms with Gasteiger partial charge in [0.2, 0.25) is 0 Å². The van der Waals surface area contributed by atoms with Crippen LogP contribution in [0.1, 0.15) is 76.0 Å². The summed E-state index contributed by atoms with van der Waals surface area (Å²) < 4.78 is 0.143. The zero-order valence-electron chi connectivity index (χ0n) is 19.7. The van der Waals surface area contributed by atoms with Crippen LogP contribution in [0.3, 0.4) is 0 Å². The molecular weight excluding hydrogens is 402 g/mol. The minimum atomic E-state index is -0.774. The van der Waals surface area contributed by atoms with Crippen LogP contribution in [-0.4, -0.2) is 46.0 Å². The summed E-state index contributed by atoms with van der Waals surface area (Å²) in [4.78, 5) is 31.8. The predicted octanol–water partition coefficient (Wildman–Crippen LogP) is 2.80. The van der Waals surface area contributed by atoms with E-state index in [-0.39, 0.29) is 28.3 Å². The zero-order chi connectivity index (χ0) is 22.9. The largest absolute Gasteiger partial charge is 0.384 e. The Bertz CT molecular complexity index is 868. The molecule has 5 N–H and O–H groups in total. The van der Waals surface area contributed by atoms with E-state index in [9.17, 15) is 9.59 Å². The molecule has 176 valence electrons. The Morgan fingerprint density at radius 3 is 2.62 bits per heavy atom. The van der Waals surface area contributed by atoms with Crippen LogP contribution >= 0.6 is 0 Å². The topological polar surface area (TPSA) is 111 Å². The number of primary amides is 1. The number of nitrogens with two attached hydrogens (primary N) is 2. The average Bonchev–Trinajstić information content (AvgIpc) is 3.53. The second-order valence-corrected chi connectivity index (χ2v) is 10.4. The SMILES string of the molecule is CCN[C@H](CC1CCCCC1)C(=O)[N+]1(Cc2ccc(N)nc2C)CCC[C@@H]2C[C@@]21C(N)=O. The molecule has 2 heterocycles. The quantitative estimate of drug-likeness (QED) is 0.536. The number of aromatic nitrogens is 1. The van der Waals surface area contributed by atoms with Crippen LogP contribution in [0, 0.1) is 18.8 Å². The maximum atomic E-state index is 14.5. The molecule has 1 aliphatic heterocycles. The van der Waals surface area contributed by atoms with Crippen molar-refractivity contribution in [3.63, 3.8) is 0 Å². The van der Waals surface area contributed by atoms with Crippen molar-refractivity contribution in [1.82, 2.24) is 10.3 Å². The fourth-order valence-corrected chi connectivity index (χ4v) is 6.75. The van der Waals surface area contributed by atoms with Gasteiger partial charge in [-0.2, -0.15) is 0 Å². The minimum absolute atomic E-state index is 0.143. The fourth-order valence-electron chi connectivity index (χ4n) is 6.75. The summed E-state index contributed by atoms with van der Waals surface area (Å²) in [5.74, 6) is 1.08. The number of nitrogen functional groups attached to an aromatic ring is 1. The maximum absolute atomic E-state index is 14.5. The van der Waals surface area contributed by atoms with Gasteiger partial charge < -0.3 is 16.8 Å². The third-order valence-corrected chi connectivity index (χ3v) is 8.48. The van der Waals surface area contributed by atoms with Gasteiger partial charge in [-0.3, -0.25) is 4.79 Å². The summed E-state index contributed by atoms with van der Waals surface area (Å²) in [7, 11) is 0. The molecule has 1 unspecified atom stereocenters. The molecule has 7 nitrogen and oxygen atoms in total. The highest BCUT2D eigenvalue weighted by Crippen LogP contribution is 2.59. The number of carbonyl (C=O) groups excluding carboxylic acids is 2. The molecule has 32 heavy (non-hydrogen) atoms. The highest BCUT2D eigenvalue weighted by Gasteiger charge is 2.76. The van der Waals surface area contributed by atoms with Crippen LogP contribution in [-0.2, 0) is 16.1 Å². The van der Waals surface area contributed by atoms with Crippen molar-refractivity contribution < 1.29 is 14.1 Å². The van der Waals surface area contributed by atoms with Crippen LogP contribution < -0.4 is 16.8 Å². The van der Waals surface area contributed by atoms with Gasteiger partial charge in [0.15, 0.2) is 5.54 Å². The van der Waals surface area contributed by atoms with E-state index in [0.29, 0.717) is 24.8 Å². The molecule has 2 amide bonds. The number of carbonyl (C=O) groups is 2. The van der Waals surface area contributed by atoms with Crippen molar-refractivity contribution in [1.29, 1.82) is 0 Å². The van der Waals surface area contributed by atoms with Crippen molar-refractivity contribution in [2.75, 3.05) is 18.8 Å². The van der Waals surface area contributed by atoms with E-state index >= 15 is 0 Å². The molecule has 1 aromatic heterocycles. The number of amides is 2. The Hall–Kier alpha value is -1.99. The normalized spacial score (nSPS) is 31.0. The molecule has 2 saturated carbocycles. The molecule has 0 bridgehead atoms. The minimum Gasteiger partial charge on any atom is -0.384 e. The van der Waals surface area contributed by atoms with Crippen LogP contribution in [0.15, 0.2) is 12.1 Å². The van der Waals surface area contributed by atoms with E-state index < -0.39 is 5.54 Å². The second-order valence-electron chi connectivity index (χ2n) is 10.4. The van der Waals surface area contributed by atoms with Gasteiger partial charge in [0.1, 0.15) is 18.4 Å². The molecule has 0 radical (unpaired) electrons. The van der Waals surface area contributed by atoms with Crippen LogP contribution in [0.25, 0.3) is 0 Å². The first kappa shape index (κ1) is 23.2. The van der Waals surface area contributed by atoms with E-state index in [1.54, 1.807) is 6.07 Å². The number of likely N-dealkylation sites (N-methyl/N-ethyl adjacent to an activating group) is 1. The Morgan fingerprint density at radius 2 is 1.97 bits per heavy atom. The number of nitrogens with one attached hydrogen (secondary N) is 1. The molecule has 3 fully saturated rings. The zero-order valence-corrected chi connectivity index (χ0v) is 19.7. The van der Waals surface area contributed by atoms with E-state index in [0.717, 1.165) is 43.5 Å². The third kappa shape index (κ3) is 3.94. The number of nitrogens with zero attached hydrogens (tertiary/aromatic N) is 2. The second kappa shape index (κ2) is 9.10. The number of rotatable bonds is 8. The Morgan fingerprint density at radius 1 is 1.22 bits per heavy atom. The Balaban J connectivity index is 1.72. The molecule has 3 aliphatic rings. The van der Waals surface area contributed by atoms with Gasteiger partial charge in [-0.15, -0.1) is 0 Å². The average molecular weight is 443 g/mol. The molecule has 4 rings (SSSR count). The molecule has 0 spiro atoms. The molecule has 4 atom stereocenters.